The monoisotopic (exact) mass is 376 g/mol. The van der Waals surface area contributed by atoms with E-state index in [0.717, 1.165) is 10.0 Å². The Morgan fingerprint density at radius 2 is 1.87 bits per heavy atom. The lowest BCUT2D eigenvalue weighted by atomic mass is 10.1. The summed E-state index contributed by atoms with van der Waals surface area (Å²) >= 11 is 3.53. The molecule has 2 aromatic rings. The highest BCUT2D eigenvalue weighted by Gasteiger charge is 2.11. The molecule has 0 saturated carbocycles. The van der Waals surface area contributed by atoms with Gasteiger partial charge < -0.3 is 15.4 Å². The van der Waals surface area contributed by atoms with Gasteiger partial charge in [-0.1, -0.05) is 46.3 Å². The Morgan fingerprint density at radius 1 is 1.17 bits per heavy atom. The second-order valence-electron chi connectivity index (χ2n) is 5.10. The number of ether oxygens (including phenoxy) is 1. The van der Waals surface area contributed by atoms with Gasteiger partial charge in [-0.2, -0.15) is 0 Å². The molecule has 122 valence electrons. The van der Waals surface area contributed by atoms with E-state index in [1.807, 2.05) is 62.4 Å². The number of benzene rings is 2. The van der Waals surface area contributed by atoms with Crippen LogP contribution in [0.25, 0.3) is 0 Å². The van der Waals surface area contributed by atoms with E-state index in [4.69, 9.17) is 4.74 Å². The van der Waals surface area contributed by atoms with E-state index in [1.54, 1.807) is 0 Å². The minimum Gasteiger partial charge on any atom is -0.492 e. The molecule has 2 aromatic carbocycles. The van der Waals surface area contributed by atoms with Gasteiger partial charge in [-0.3, -0.25) is 4.79 Å². The molecule has 1 atom stereocenters. The average molecular weight is 377 g/mol. The average Bonchev–Trinajstić information content (AvgIpc) is 2.55. The topological polar surface area (TPSA) is 50.4 Å². The van der Waals surface area contributed by atoms with Gasteiger partial charge in [-0.05, 0) is 37.6 Å². The SMILES string of the molecule is CCOc1ccccc1NC(=O)CN[C@@H](C)c1ccccc1Br. The number of carbonyl (C=O) groups is 1. The van der Waals surface area contributed by atoms with E-state index in [1.165, 1.54) is 0 Å². The Morgan fingerprint density at radius 3 is 2.61 bits per heavy atom. The van der Waals surface area contributed by atoms with E-state index in [9.17, 15) is 4.79 Å². The molecule has 2 N–H and O–H groups in total. The minimum atomic E-state index is -0.101. The van der Waals surface area contributed by atoms with Crippen LogP contribution in [0.1, 0.15) is 25.5 Å². The Labute approximate surface area is 145 Å². The quantitative estimate of drug-likeness (QED) is 0.763. The third-order valence-corrected chi connectivity index (χ3v) is 4.12. The predicted octanol–water partition coefficient (Wildman–Crippen LogP) is 4.14. The summed E-state index contributed by atoms with van der Waals surface area (Å²) in [6, 6.07) is 15.5. The second kappa shape index (κ2) is 8.70. The fourth-order valence-electron chi connectivity index (χ4n) is 2.23. The van der Waals surface area contributed by atoms with Crippen molar-refractivity contribution in [3.63, 3.8) is 0 Å². The van der Waals surface area contributed by atoms with Crippen LogP contribution in [0.2, 0.25) is 0 Å². The number of nitrogens with one attached hydrogen (secondary N) is 2. The van der Waals surface area contributed by atoms with Gasteiger partial charge in [0.1, 0.15) is 5.75 Å². The van der Waals surface area contributed by atoms with Gasteiger partial charge in [0.2, 0.25) is 5.91 Å². The maximum Gasteiger partial charge on any atom is 0.238 e. The highest BCUT2D eigenvalue weighted by atomic mass is 79.9. The predicted molar refractivity (Wildman–Crippen MR) is 96.8 cm³/mol. The summed E-state index contributed by atoms with van der Waals surface area (Å²) in [6.07, 6.45) is 0. The van der Waals surface area contributed by atoms with Crippen LogP contribution in [0, 0.1) is 0 Å². The van der Waals surface area contributed by atoms with Crippen LogP contribution in [-0.2, 0) is 4.79 Å². The first-order valence-corrected chi connectivity index (χ1v) is 8.40. The zero-order valence-corrected chi connectivity index (χ0v) is 14.9. The van der Waals surface area contributed by atoms with E-state index in [0.29, 0.717) is 18.0 Å². The molecule has 0 fully saturated rings. The summed E-state index contributed by atoms with van der Waals surface area (Å²) in [6.45, 7) is 4.73. The van der Waals surface area contributed by atoms with E-state index < -0.39 is 0 Å². The zero-order valence-electron chi connectivity index (χ0n) is 13.3. The first-order chi connectivity index (χ1) is 11.1. The van der Waals surface area contributed by atoms with Crippen LogP contribution in [0.4, 0.5) is 5.69 Å². The van der Waals surface area contributed by atoms with Crippen molar-refractivity contribution in [1.82, 2.24) is 5.32 Å². The molecular weight excluding hydrogens is 356 g/mol. The molecule has 4 nitrogen and oxygen atoms in total. The first-order valence-electron chi connectivity index (χ1n) is 7.61. The van der Waals surface area contributed by atoms with E-state index in [2.05, 4.69) is 26.6 Å². The molecule has 0 unspecified atom stereocenters. The number of hydrogen-bond donors (Lipinski definition) is 2. The lowest BCUT2D eigenvalue weighted by Gasteiger charge is -2.16. The molecule has 0 aliphatic rings. The molecule has 1 amide bonds. The summed E-state index contributed by atoms with van der Waals surface area (Å²) in [5, 5.41) is 6.11. The lowest BCUT2D eigenvalue weighted by molar-refractivity contribution is -0.115. The molecule has 0 bridgehead atoms. The van der Waals surface area contributed by atoms with E-state index in [-0.39, 0.29) is 18.5 Å². The van der Waals surface area contributed by atoms with Crippen LogP contribution in [0.3, 0.4) is 0 Å². The van der Waals surface area contributed by atoms with Crippen molar-refractivity contribution in [1.29, 1.82) is 0 Å². The number of hydrogen-bond acceptors (Lipinski definition) is 3. The number of amides is 1. The fraction of sp³-hybridized carbons (Fsp3) is 0.278. The van der Waals surface area contributed by atoms with Gasteiger partial charge in [0.25, 0.3) is 0 Å². The van der Waals surface area contributed by atoms with Crippen LogP contribution in [0.5, 0.6) is 5.75 Å². The highest BCUT2D eigenvalue weighted by Crippen LogP contribution is 2.24. The zero-order chi connectivity index (χ0) is 16.7. The van der Waals surface area contributed by atoms with Gasteiger partial charge in [0, 0.05) is 10.5 Å². The van der Waals surface area contributed by atoms with Gasteiger partial charge in [-0.15, -0.1) is 0 Å². The molecule has 0 aliphatic heterocycles. The Balaban J connectivity index is 1.92. The summed E-state index contributed by atoms with van der Waals surface area (Å²) in [5.74, 6) is 0.582. The van der Waals surface area contributed by atoms with Crippen LogP contribution in [-0.4, -0.2) is 19.1 Å². The lowest BCUT2D eigenvalue weighted by Crippen LogP contribution is -2.30. The molecular formula is C18H21BrN2O2. The molecule has 0 heterocycles. The van der Waals surface area contributed by atoms with Crippen LogP contribution in [0.15, 0.2) is 53.0 Å². The molecule has 0 radical (unpaired) electrons. The highest BCUT2D eigenvalue weighted by molar-refractivity contribution is 9.10. The Hall–Kier alpha value is -1.85. The van der Waals surface area contributed by atoms with Crippen molar-refractivity contribution >= 4 is 27.5 Å². The maximum atomic E-state index is 12.1. The van der Waals surface area contributed by atoms with Crippen molar-refractivity contribution in [2.45, 2.75) is 19.9 Å². The minimum absolute atomic E-state index is 0.0680. The molecule has 0 spiro atoms. The maximum absolute atomic E-state index is 12.1. The largest absolute Gasteiger partial charge is 0.492 e. The Bertz CT molecular complexity index is 661. The third kappa shape index (κ3) is 5.08. The van der Waals surface area contributed by atoms with Crippen LogP contribution < -0.4 is 15.4 Å². The fourth-order valence-corrected chi connectivity index (χ4v) is 2.86. The molecule has 2 rings (SSSR count). The number of halogens is 1. The van der Waals surface area contributed by atoms with Crippen molar-refractivity contribution in [2.24, 2.45) is 0 Å². The summed E-state index contributed by atoms with van der Waals surface area (Å²) < 4.78 is 6.54. The first kappa shape index (κ1) is 17.5. The number of para-hydroxylation sites is 2. The van der Waals surface area contributed by atoms with Gasteiger partial charge in [0.15, 0.2) is 0 Å². The third-order valence-electron chi connectivity index (χ3n) is 3.40. The van der Waals surface area contributed by atoms with Crippen molar-refractivity contribution in [3.8, 4) is 5.75 Å². The van der Waals surface area contributed by atoms with Crippen molar-refractivity contribution < 1.29 is 9.53 Å². The smallest absolute Gasteiger partial charge is 0.238 e. The normalized spacial score (nSPS) is 11.8. The standard InChI is InChI=1S/C18H21BrN2O2/c1-3-23-17-11-7-6-10-16(17)21-18(22)12-20-13(2)14-8-4-5-9-15(14)19/h4-11,13,20H,3,12H2,1-2H3,(H,21,22)/t13-/m0/s1. The summed E-state index contributed by atoms with van der Waals surface area (Å²) in [7, 11) is 0. The second-order valence-corrected chi connectivity index (χ2v) is 5.96. The molecule has 5 heteroatoms. The van der Waals surface area contributed by atoms with E-state index >= 15 is 0 Å². The number of anilines is 1. The van der Waals surface area contributed by atoms with Crippen LogP contribution >= 0.6 is 15.9 Å². The molecule has 23 heavy (non-hydrogen) atoms. The van der Waals surface area contributed by atoms with Gasteiger partial charge in [-0.25, -0.2) is 0 Å². The summed E-state index contributed by atoms with van der Waals surface area (Å²) in [5.41, 5.74) is 1.81. The molecule has 0 aliphatic carbocycles. The van der Waals surface area contributed by atoms with Crippen molar-refractivity contribution in [2.75, 3.05) is 18.5 Å². The number of rotatable bonds is 7. The molecule has 0 saturated heterocycles. The van der Waals surface area contributed by atoms with Gasteiger partial charge in [0.05, 0.1) is 18.8 Å². The Kier molecular flexibility index (Phi) is 6.62. The summed E-state index contributed by atoms with van der Waals surface area (Å²) in [4.78, 5) is 12.1. The molecule has 0 aromatic heterocycles. The number of carbonyl (C=O) groups excluding carboxylic acids is 1. The van der Waals surface area contributed by atoms with Crippen molar-refractivity contribution in [3.05, 3.63) is 58.6 Å². The van der Waals surface area contributed by atoms with Gasteiger partial charge >= 0.3 is 0 Å².